The van der Waals surface area contributed by atoms with E-state index in [2.05, 4.69) is 29.8 Å². The molecule has 8 heteroatoms. The minimum absolute atomic E-state index is 0.0290. The van der Waals surface area contributed by atoms with Crippen molar-refractivity contribution in [1.29, 1.82) is 0 Å². The SMILES string of the molecule is O=c1[nH]c(C2CCCN2c2ncnc3nc[nH]c23)nc2ccccc12. The van der Waals surface area contributed by atoms with Crippen LogP contribution in [-0.4, -0.2) is 36.4 Å². The highest BCUT2D eigenvalue weighted by Crippen LogP contribution is 2.35. The quantitative estimate of drug-likeness (QED) is 0.581. The molecule has 5 rings (SSSR count). The molecule has 1 aliphatic heterocycles. The average molecular weight is 333 g/mol. The molecule has 4 heterocycles. The van der Waals surface area contributed by atoms with Crippen molar-refractivity contribution in [3.8, 4) is 0 Å². The summed E-state index contributed by atoms with van der Waals surface area (Å²) in [6, 6.07) is 7.36. The molecule has 1 atom stereocenters. The van der Waals surface area contributed by atoms with Gasteiger partial charge in [0, 0.05) is 6.54 Å². The summed E-state index contributed by atoms with van der Waals surface area (Å²) in [5.74, 6) is 1.47. The van der Waals surface area contributed by atoms with E-state index in [1.807, 2.05) is 18.2 Å². The zero-order chi connectivity index (χ0) is 16.8. The highest BCUT2D eigenvalue weighted by atomic mass is 16.1. The highest BCUT2D eigenvalue weighted by Gasteiger charge is 2.31. The molecular weight excluding hydrogens is 318 g/mol. The minimum atomic E-state index is -0.109. The van der Waals surface area contributed by atoms with Gasteiger partial charge >= 0.3 is 0 Å². The number of nitrogens with zero attached hydrogens (tertiary/aromatic N) is 5. The molecule has 0 aliphatic carbocycles. The van der Waals surface area contributed by atoms with Gasteiger partial charge in [-0.2, -0.15) is 0 Å². The van der Waals surface area contributed by atoms with E-state index in [1.165, 1.54) is 6.33 Å². The van der Waals surface area contributed by atoms with Crippen LogP contribution in [0.15, 0.2) is 41.7 Å². The first-order valence-electron chi connectivity index (χ1n) is 8.21. The summed E-state index contributed by atoms with van der Waals surface area (Å²) in [5.41, 5.74) is 2.04. The van der Waals surface area contributed by atoms with Crippen LogP contribution >= 0.6 is 0 Å². The Morgan fingerprint density at radius 2 is 2.08 bits per heavy atom. The first-order chi connectivity index (χ1) is 12.3. The fourth-order valence-corrected chi connectivity index (χ4v) is 3.54. The van der Waals surface area contributed by atoms with Crippen LogP contribution in [-0.2, 0) is 0 Å². The van der Waals surface area contributed by atoms with E-state index in [9.17, 15) is 4.79 Å². The summed E-state index contributed by atoms with van der Waals surface area (Å²) in [4.78, 5) is 38.2. The first kappa shape index (κ1) is 14.1. The zero-order valence-electron chi connectivity index (χ0n) is 13.3. The standard InChI is InChI=1S/C17H15N7O/c25-17-10-4-1-2-5-11(10)22-14(23-17)12-6-3-7-24(12)16-13-15(19-8-18-13)20-9-21-16/h1-2,4-5,8-9,12H,3,6-7H2,(H,22,23,25)(H,18,19,20,21). The van der Waals surface area contributed by atoms with E-state index in [0.29, 0.717) is 22.4 Å². The van der Waals surface area contributed by atoms with Crippen molar-refractivity contribution in [1.82, 2.24) is 29.9 Å². The minimum Gasteiger partial charge on any atom is -0.345 e. The van der Waals surface area contributed by atoms with Crippen molar-refractivity contribution >= 4 is 27.9 Å². The van der Waals surface area contributed by atoms with E-state index in [0.717, 1.165) is 30.7 Å². The Labute approximate surface area is 142 Å². The summed E-state index contributed by atoms with van der Waals surface area (Å²) >= 11 is 0. The van der Waals surface area contributed by atoms with Gasteiger partial charge in [0.05, 0.1) is 23.3 Å². The van der Waals surface area contributed by atoms with Crippen molar-refractivity contribution < 1.29 is 0 Å². The number of H-pyrrole nitrogens is 2. The lowest BCUT2D eigenvalue weighted by molar-refractivity contribution is 0.662. The molecule has 0 radical (unpaired) electrons. The van der Waals surface area contributed by atoms with Gasteiger partial charge in [-0.3, -0.25) is 4.79 Å². The van der Waals surface area contributed by atoms with Crippen molar-refractivity contribution in [2.75, 3.05) is 11.4 Å². The molecule has 124 valence electrons. The van der Waals surface area contributed by atoms with Crippen LogP contribution < -0.4 is 10.5 Å². The van der Waals surface area contributed by atoms with Crippen LogP contribution in [0.2, 0.25) is 0 Å². The number of para-hydroxylation sites is 1. The second-order valence-corrected chi connectivity index (χ2v) is 6.12. The van der Waals surface area contributed by atoms with Crippen molar-refractivity contribution in [3.05, 3.63) is 53.1 Å². The van der Waals surface area contributed by atoms with Crippen LogP contribution in [0, 0.1) is 0 Å². The number of aromatic nitrogens is 6. The zero-order valence-corrected chi connectivity index (χ0v) is 13.3. The molecule has 0 spiro atoms. The number of fused-ring (bicyclic) bond motifs is 2. The van der Waals surface area contributed by atoms with Gasteiger partial charge in [-0.05, 0) is 25.0 Å². The summed E-state index contributed by atoms with van der Waals surface area (Å²) in [6.45, 7) is 0.840. The van der Waals surface area contributed by atoms with E-state index >= 15 is 0 Å². The molecule has 3 aromatic heterocycles. The number of aromatic amines is 2. The number of hydrogen-bond acceptors (Lipinski definition) is 6. The molecule has 0 amide bonds. The Morgan fingerprint density at radius 3 is 3.04 bits per heavy atom. The number of hydrogen-bond donors (Lipinski definition) is 2. The Kier molecular flexibility index (Phi) is 3.03. The Hall–Kier alpha value is -3.29. The largest absolute Gasteiger partial charge is 0.345 e. The van der Waals surface area contributed by atoms with Crippen LogP contribution in [0.5, 0.6) is 0 Å². The molecule has 4 aromatic rings. The Morgan fingerprint density at radius 1 is 1.16 bits per heavy atom. The molecule has 1 unspecified atom stereocenters. The number of benzene rings is 1. The fraction of sp³-hybridized carbons (Fsp3) is 0.235. The first-order valence-corrected chi connectivity index (χ1v) is 8.21. The van der Waals surface area contributed by atoms with Crippen molar-refractivity contribution in [2.45, 2.75) is 18.9 Å². The maximum absolute atomic E-state index is 12.4. The second kappa shape index (κ2) is 5.37. The molecule has 8 nitrogen and oxygen atoms in total. The predicted molar refractivity (Wildman–Crippen MR) is 93.4 cm³/mol. The molecule has 0 bridgehead atoms. The second-order valence-electron chi connectivity index (χ2n) is 6.12. The molecule has 1 saturated heterocycles. The highest BCUT2D eigenvalue weighted by molar-refractivity contribution is 5.83. The molecular formula is C17H15N7O. The van der Waals surface area contributed by atoms with Gasteiger partial charge in [0.25, 0.3) is 5.56 Å². The Bertz CT molecular complexity index is 1130. The summed E-state index contributed by atoms with van der Waals surface area (Å²) < 4.78 is 0. The van der Waals surface area contributed by atoms with Crippen LogP contribution in [0.1, 0.15) is 24.7 Å². The number of nitrogens with one attached hydrogen (secondary N) is 2. The van der Waals surface area contributed by atoms with Gasteiger partial charge in [-0.1, -0.05) is 12.1 Å². The summed E-state index contributed by atoms with van der Waals surface area (Å²) in [5, 5.41) is 0.605. The third-order valence-corrected chi connectivity index (χ3v) is 4.67. The van der Waals surface area contributed by atoms with Crippen LogP contribution in [0.3, 0.4) is 0 Å². The fourth-order valence-electron chi connectivity index (χ4n) is 3.54. The monoisotopic (exact) mass is 333 g/mol. The average Bonchev–Trinajstić information content (AvgIpc) is 3.30. The van der Waals surface area contributed by atoms with Crippen LogP contribution in [0.4, 0.5) is 5.82 Å². The maximum atomic E-state index is 12.4. The lowest BCUT2D eigenvalue weighted by Gasteiger charge is -2.25. The molecule has 25 heavy (non-hydrogen) atoms. The molecule has 1 aromatic carbocycles. The third-order valence-electron chi connectivity index (χ3n) is 4.67. The number of anilines is 1. The summed E-state index contributed by atoms with van der Waals surface area (Å²) in [7, 11) is 0. The van der Waals surface area contributed by atoms with Gasteiger partial charge in [0.15, 0.2) is 11.5 Å². The normalized spacial score (nSPS) is 17.6. The van der Waals surface area contributed by atoms with Crippen molar-refractivity contribution in [2.24, 2.45) is 0 Å². The predicted octanol–water partition coefficient (Wildman–Crippen LogP) is 1.93. The maximum Gasteiger partial charge on any atom is 0.258 e. The van der Waals surface area contributed by atoms with Gasteiger partial charge in [0.1, 0.15) is 17.7 Å². The lowest BCUT2D eigenvalue weighted by Crippen LogP contribution is -2.27. The van der Waals surface area contributed by atoms with E-state index in [1.54, 1.807) is 12.4 Å². The van der Waals surface area contributed by atoms with Crippen LogP contribution in [0.25, 0.3) is 22.1 Å². The summed E-state index contributed by atoms with van der Waals surface area (Å²) in [6.07, 6.45) is 5.04. The number of imidazole rings is 1. The lowest BCUT2D eigenvalue weighted by atomic mass is 10.2. The van der Waals surface area contributed by atoms with E-state index < -0.39 is 0 Å². The van der Waals surface area contributed by atoms with Crippen molar-refractivity contribution in [3.63, 3.8) is 0 Å². The molecule has 0 saturated carbocycles. The molecule has 1 fully saturated rings. The third kappa shape index (κ3) is 2.18. The Balaban J connectivity index is 1.64. The molecule has 2 N–H and O–H groups in total. The van der Waals surface area contributed by atoms with E-state index in [4.69, 9.17) is 4.98 Å². The van der Waals surface area contributed by atoms with Gasteiger partial charge in [-0.25, -0.2) is 19.9 Å². The van der Waals surface area contributed by atoms with Gasteiger partial charge in [0.2, 0.25) is 0 Å². The van der Waals surface area contributed by atoms with Gasteiger partial charge in [-0.15, -0.1) is 0 Å². The van der Waals surface area contributed by atoms with E-state index in [-0.39, 0.29) is 11.6 Å². The topological polar surface area (TPSA) is 103 Å². The molecule has 1 aliphatic rings. The smallest absolute Gasteiger partial charge is 0.258 e. The number of rotatable bonds is 2. The van der Waals surface area contributed by atoms with Gasteiger partial charge < -0.3 is 14.9 Å².